The fourth-order valence-corrected chi connectivity index (χ4v) is 1.06. The van der Waals surface area contributed by atoms with Gasteiger partial charge in [-0.15, -0.1) is 0 Å². The second kappa shape index (κ2) is 4.20. The van der Waals surface area contributed by atoms with Crippen LogP contribution in [0, 0.1) is 0 Å². The van der Waals surface area contributed by atoms with Gasteiger partial charge >= 0.3 is 0 Å². The maximum atomic E-state index is 4.24. The van der Waals surface area contributed by atoms with Crippen molar-refractivity contribution in [2.75, 3.05) is 0 Å². The first-order valence-electron chi connectivity index (χ1n) is 3.96. The van der Waals surface area contributed by atoms with E-state index >= 15 is 0 Å². The molecular weight excluding hydrogens is 124 g/mol. The van der Waals surface area contributed by atoms with E-state index in [-0.39, 0.29) is 0 Å². The second-order valence-electron chi connectivity index (χ2n) is 2.63. The minimum atomic E-state index is 0.525. The van der Waals surface area contributed by atoms with Gasteiger partial charge < -0.3 is 0 Å². The Balaban J connectivity index is 2.17. The minimum Gasteiger partial charge on any atom is -0.270 e. The van der Waals surface area contributed by atoms with E-state index < -0.39 is 0 Å². The minimum absolute atomic E-state index is 0.525. The number of hydrogen-bond acceptors (Lipinski definition) is 2. The summed E-state index contributed by atoms with van der Waals surface area (Å²) in [6, 6.07) is 0.525. The summed E-state index contributed by atoms with van der Waals surface area (Å²) in [5.41, 5.74) is 0. The fourth-order valence-electron chi connectivity index (χ4n) is 1.06. The molecule has 0 fully saturated rings. The van der Waals surface area contributed by atoms with Crippen LogP contribution in [0.3, 0.4) is 0 Å². The van der Waals surface area contributed by atoms with Crippen LogP contribution in [0.1, 0.15) is 32.6 Å². The molecule has 0 spiro atoms. The van der Waals surface area contributed by atoms with E-state index in [0.29, 0.717) is 6.04 Å². The van der Waals surface area contributed by atoms with E-state index in [0.717, 1.165) is 6.42 Å². The molecule has 1 unspecified atom stereocenters. The number of rotatable bonds is 3. The maximum Gasteiger partial charge on any atom is 0.109 e. The van der Waals surface area contributed by atoms with Crippen LogP contribution in [0.2, 0.25) is 0 Å². The topological polar surface area (TPSA) is 24.7 Å². The van der Waals surface area contributed by atoms with Crippen molar-refractivity contribution in [3.05, 3.63) is 0 Å². The molecule has 1 atom stereocenters. The Labute approximate surface area is 62.1 Å². The van der Waals surface area contributed by atoms with E-state index in [9.17, 15) is 0 Å². The molecule has 1 heterocycles. The third kappa shape index (κ3) is 2.29. The van der Waals surface area contributed by atoms with Gasteiger partial charge in [0.2, 0.25) is 0 Å². The van der Waals surface area contributed by atoms with Crippen LogP contribution < -0.4 is 0 Å². The molecule has 1 aliphatic rings. The van der Waals surface area contributed by atoms with Gasteiger partial charge in [-0.25, -0.2) is 4.99 Å². The van der Waals surface area contributed by atoms with Crippen LogP contribution in [0.5, 0.6) is 0 Å². The van der Waals surface area contributed by atoms with Gasteiger partial charge in [-0.3, -0.25) is 4.99 Å². The standard InChI is InChI=1S/C8H14N2/c1-2-3-4-8-5-6-9-7-10-8/h6-8H,2-5H2,1H3. The molecule has 0 bridgehead atoms. The summed E-state index contributed by atoms with van der Waals surface area (Å²) >= 11 is 0. The molecule has 0 saturated heterocycles. The first-order chi connectivity index (χ1) is 4.93. The lowest BCUT2D eigenvalue weighted by Gasteiger charge is -2.09. The van der Waals surface area contributed by atoms with Gasteiger partial charge in [-0.05, 0) is 6.42 Å². The summed E-state index contributed by atoms with van der Waals surface area (Å²) in [6.07, 6.45) is 8.44. The molecule has 1 aliphatic heterocycles. The lowest BCUT2D eigenvalue weighted by molar-refractivity contribution is 0.595. The maximum absolute atomic E-state index is 4.24. The van der Waals surface area contributed by atoms with E-state index in [1.807, 2.05) is 6.21 Å². The second-order valence-corrected chi connectivity index (χ2v) is 2.63. The third-order valence-corrected chi connectivity index (χ3v) is 1.72. The Morgan fingerprint density at radius 1 is 1.60 bits per heavy atom. The Bertz CT molecular complexity index is 138. The van der Waals surface area contributed by atoms with Crippen molar-refractivity contribution in [2.24, 2.45) is 9.98 Å². The Morgan fingerprint density at radius 3 is 3.10 bits per heavy atom. The molecule has 0 saturated carbocycles. The summed E-state index contributed by atoms with van der Waals surface area (Å²) in [5.74, 6) is 0. The summed E-state index contributed by atoms with van der Waals surface area (Å²) in [6.45, 7) is 2.21. The Morgan fingerprint density at radius 2 is 2.50 bits per heavy atom. The van der Waals surface area contributed by atoms with Gasteiger partial charge in [0.15, 0.2) is 0 Å². The molecule has 56 valence electrons. The van der Waals surface area contributed by atoms with Crippen LogP contribution in [-0.2, 0) is 0 Å². The van der Waals surface area contributed by atoms with E-state index in [1.165, 1.54) is 19.3 Å². The quantitative estimate of drug-likeness (QED) is 0.570. The van der Waals surface area contributed by atoms with Crippen molar-refractivity contribution >= 4 is 12.6 Å². The van der Waals surface area contributed by atoms with Gasteiger partial charge in [0, 0.05) is 12.6 Å². The van der Waals surface area contributed by atoms with Crippen molar-refractivity contribution < 1.29 is 0 Å². The molecule has 1 rings (SSSR count). The van der Waals surface area contributed by atoms with Gasteiger partial charge in [0.05, 0.1) is 6.04 Å². The lowest BCUT2D eigenvalue weighted by Crippen LogP contribution is -2.08. The first-order valence-corrected chi connectivity index (χ1v) is 3.96. The molecule has 0 aromatic carbocycles. The fraction of sp³-hybridized carbons (Fsp3) is 0.750. The molecule has 0 amide bonds. The average Bonchev–Trinajstić information content (AvgIpc) is 2.03. The monoisotopic (exact) mass is 138 g/mol. The van der Waals surface area contributed by atoms with Crippen molar-refractivity contribution in [3.63, 3.8) is 0 Å². The number of unbranched alkanes of at least 4 members (excludes halogenated alkanes) is 1. The van der Waals surface area contributed by atoms with E-state index in [1.54, 1.807) is 6.34 Å². The Kier molecular flexibility index (Phi) is 3.13. The summed E-state index contributed by atoms with van der Waals surface area (Å²) in [4.78, 5) is 8.16. The molecule has 0 radical (unpaired) electrons. The van der Waals surface area contributed by atoms with Gasteiger partial charge in [-0.2, -0.15) is 0 Å². The van der Waals surface area contributed by atoms with Crippen molar-refractivity contribution in [1.29, 1.82) is 0 Å². The SMILES string of the molecule is CCCCC1CC=NC=N1. The van der Waals surface area contributed by atoms with Crippen LogP contribution in [0.4, 0.5) is 0 Å². The zero-order valence-corrected chi connectivity index (χ0v) is 6.45. The summed E-state index contributed by atoms with van der Waals surface area (Å²) < 4.78 is 0. The van der Waals surface area contributed by atoms with Gasteiger partial charge in [0.1, 0.15) is 6.34 Å². The highest BCUT2D eigenvalue weighted by Crippen LogP contribution is 2.08. The molecule has 0 aliphatic carbocycles. The molecule has 10 heavy (non-hydrogen) atoms. The number of hydrogen-bond donors (Lipinski definition) is 0. The Hall–Kier alpha value is -0.660. The predicted molar refractivity (Wildman–Crippen MR) is 44.9 cm³/mol. The average molecular weight is 138 g/mol. The van der Waals surface area contributed by atoms with Crippen molar-refractivity contribution in [3.8, 4) is 0 Å². The van der Waals surface area contributed by atoms with Crippen LogP contribution in [-0.4, -0.2) is 18.6 Å². The molecule has 2 heteroatoms. The van der Waals surface area contributed by atoms with E-state index in [2.05, 4.69) is 16.9 Å². The summed E-state index contributed by atoms with van der Waals surface area (Å²) in [5, 5.41) is 0. The largest absolute Gasteiger partial charge is 0.270 e. The first kappa shape index (κ1) is 7.45. The molecule has 0 aromatic rings. The molecule has 2 nitrogen and oxygen atoms in total. The highest BCUT2D eigenvalue weighted by atomic mass is 14.9. The number of aliphatic imine (C=N–C) groups is 2. The third-order valence-electron chi connectivity index (χ3n) is 1.72. The van der Waals surface area contributed by atoms with E-state index in [4.69, 9.17) is 0 Å². The van der Waals surface area contributed by atoms with Crippen LogP contribution >= 0.6 is 0 Å². The van der Waals surface area contributed by atoms with Crippen molar-refractivity contribution in [1.82, 2.24) is 0 Å². The zero-order valence-electron chi connectivity index (χ0n) is 6.45. The van der Waals surface area contributed by atoms with Crippen molar-refractivity contribution in [2.45, 2.75) is 38.6 Å². The normalized spacial score (nSPS) is 23.5. The smallest absolute Gasteiger partial charge is 0.109 e. The highest BCUT2D eigenvalue weighted by Gasteiger charge is 2.04. The highest BCUT2D eigenvalue weighted by molar-refractivity contribution is 5.75. The summed E-state index contributed by atoms with van der Waals surface area (Å²) in [7, 11) is 0. The van der Waals surface area contributed by atoms with Gasteiger partial charge in [-0.1, -0.05) is 19.8 Å². The van der Waals surface area contributed by atoms with Crippen LogP contribution in [0.25, 0.3) is 0 Å². The molecule has 0 N–H and O–H groups in total. The zero-order chi connectivity index (χ0) is 7.23. The molecule has 0 aromatic heterocycles. The van der Waals surface area contributed by atoms with Crippen LogP contribution in [0.15, 0.2) is 9.98 Å². The number of nitrogens with zero attached hydrogens (tertiary/aromatic N) is 2. The van der Waals surface area contributed by atoms with Gasteiger partial charge in [0.25, 0.3) is 0 Å². The lowest BCUT2D eigenvalue weighted by atomic mass is 10.1. The molecular formula is C8H14N2. The predicted octanol–water partition coefficient (Wildman–Crippen LogP) is 2.05.